The summed E-state index contributed by atoms with van der Waals surface area (Å²) in [4.78, 5) is 11.2. The molecular formula is C18H36N2O4. The zero-order chi connectivity index (χ0) is 17.6. The van der Waals surface area contributed by atoms with E-state index in [2.05, 4.69) is 10.1 Å². The highest BCUT2D eigenvalue weighted by atomic mass is 16.5. The summed E-state index contributed by atoms with van der Waals surface area (Å²) in [5.74, 6) is 1.36. The Labute approximate surface area is 146 Å². The predicted molar refractivity (Wildman–Crippen MR) is 94.6 cm³/mol. The number of hydrogen-bond acceptors (Lipinski definition) is 4. The third-order valence-electron chi connectivity index (χ3n) is 5.10. The molecule has 2 aliphatic carbocycles. The lowest BCUT2D eigenvalue weighted by Gasteiger charge is -2.37. The number of nitrogens with two attached hydrogens (primary N) is 1. The van der Waals surface area contributed by atoms with Gasteiger partial charge in [0.2, 0.25) is 0 Å². The average molecular weight is 344 g/mol. The molecule has 0 bridgehead atoms. The Balaban J connectivity index is 0.000000351. The second-order valence-corrected chi connectivity index (χ2v) is 6.89. The van der Waals surface area contributed by atoms with Crippen molar-refractivity contribution < 1.29 is 19.7 Å². The van der Waals surface area contributed by atoms with Gasteiger partial charge < -0.3 is 26.0 Å². The normalized spacial score (nSPS) is 19.6. The second kappa shape index (κ2) is 13.4. The molecule has 2 rings (SSSR count). The Morgan fingerprint density at radius 1 is 0.917 bits per heavy atom. The summed E-state index contributed by atoms with van der Waals surface area (Å²) in [5.41, 5.74) is 5.36. The maximum atomic E-state index is 11.2. The minimum absolute atomic E-state index is 0.0278. The van der Waals surface area contributed by atoms with E-state index < -0.39 is 0 Å². The monoisotopic (exact) mass is 344 g/mol. The molecule has 0 saturated heterocycles. The lowest BCUT2D eigenvalue weighted by Crippen LogP contribution is -2.48. The average Bonchev–Trinajstić information content (AvgIpc) is 2.62. The van der Waals surface area contributed by atoms with Crippen LogP contribution >= 0.6 is 0 Å². The molecule has 0 aromatic carbocycles. The van der Waals surface area contributed by atoms with Gasteiger partial charge in [-0.3, -0.25) is 0 Å². The van der Waals surface area contributed by atoms with E-state index in [1.54, 1.807) is 0 Å². The maximum absolute atomic E-state index is 11.2. The van der Waals surface area contributed by atoms with Gasteiger partial charge >= 0.3 is 6.03 Å². The molecule has 2 fully saturated rings. The smallest absolute Gasteiger partial charge is 0.312 e. The van der Waals surface area contributed by atoms with Crippen molar-refractivity contribution >= 4 is 6.03 Å². The van der Waals surface area contributed by atoms with Crippen LogP contribution < -0.4 is 11.1 Å². The van der Waals surface area contributed by atoms with Crippen molar-refractivity contribution in [1.82, 2.24) is 5.32 Å². The molecule has 0 heterocycles. The molecule has 0 unspecified atom stereocenters. The second-order valence-electron chi connectivity index (χ2n) is 6.89. The first-order valence-electron chi connectivity index (χ1n) is 9.54. The van der Waals surface area contributed by atoms with Crippen molar-refractivity contribution in [3.8, 4) is 0 Å². The number of primary amides is 1. The van der Waals surface area contributed by atoms with Crippen LogP contribution in [0.15, 0.2) is 0 Å². The quantitative estimate of drug-likeness (QED) is 0.531. The molecule has 6 heteroatoms. The molecule has 2 aliphatic rings. The Morgan fingerprint density at radius 3 is 1.67 bits per heavy atom. The van der Waals surface area contributed by atoms with E-state index in [1.807, 2.05) is 0 Å². The van der Waals surface area contributed by atoms with Crippen LogP contribution in [0, 0.1) is 11.8 Å². The van der Waals surface area contributed by atoms with Crippen molar-refractivity contribution in [1.29, 1.82) is 0 Å². The highest BCUT2D eigenvalue weighted by Gasteiger charge is 2.31. The minimum atomic E-state index is -0.328. The predicted octanol–water partition coefficient (Wildman–Crippen LogP) is 2.17. The summed E-state index contributed by atoms with van der Waals surface area (Å²) in [6, 6.07) is 0.0271. The number of urea groups is 1. The Hall–Kier alpha value is -0.850. The first-order chi connectivity index (χ1) is 11.7. The van der Waals surface area contributed by atoms with Gasteiger partial charge in [-0.05, 0) is 37.5 Å². The molecule has 0 aromatic heterocycles. The number of carbonyl (C=O) groups excluding carboxylic acids is 1. The fourth-order valence-corrected chi connectivity index (χ4v) is 4.00. The Bertz CT molecular complexity index is 294. The van der Waals surface area contributed by atoms with Gasteiger partial charge in [-0.1, -0.05) is 38.5 Å². The van der Waals surface area contributed by atoms with Gasteiger partial charge in [0, 0.05) is 6.04 Å². The van der Waals surface area contributed by atoms with Crippen molar-refractivity contribution in [2.75, 3.05) is 26.4 Å². The van der Waals surface area contributed by atoms with Crippen LogP contribution in [0.4, 0.5) is 4.79 Å². The summed E-state index contributed by atoms with van der Waals surface area (Å²) >= 11 is 0. The molecule has 0 atom stereocenters. The van der Waals surface area contributed by atoms with Crippen LogP contribution in [0.2, 0.25) is 0 Å². The molecular weight excluding hydrogens is 308 g/mol. The first kappa shape index (κ1) is 21.2. The molecule has 0 aromatic rings. The van der Waals surface area contributed by atoms with Crippen LogP contribution in [-0.2, 0) is 4.74 Å². The lowest BCUT2D eigenvalue weighted by atomic mass is 9.74. The molecule has 2 amide bonds. The van der Waals surface area contributed by atoms with Crippen LogP contribution in [0.25, 0.3) is 0 Å². The fraction of sp³-hybridized carbons (Fsp3) is 0.944. The van der Waals surface area contributed by atoms with Gasteiger partial charge in [-0.15, -0.1) is 0 Å². The van der Waals surface area contributed by atoms with Crippen LogP contribution in [-0.4, -0.2) is 48.7 Å². The molecule has 0 aliphatic heterocycles. The minimum Gasteiger partial charge on any atom is -0.394 e. The molecule has 2 saturated carbocycles. The highest BCUT2D eigenvalue weighted by molar-refractivity contribution is 5.72. The standard InChI is InChI=1S/C14H26N2O.C4H10O3/c15-14(17)16-13(11-7-3-1-4-8-11)12-9-5-2-6-10-12;5-1-3-7-4-2-6/h11-13H,1-10H2,(H3,15,16,17);5-6H,1-4H2. The number of hydrogen-bond donors (Lipinski definition) is 4. The lowest BCUT2D eigenvalue weighted by molar-refractivity contribution is 0.0650. The summed E-state index contributed by atoms with van der Waals surface area (Å²) in [6.07, 6.45) is 13.2. The van der Waals surface area contributed by atoms with Crippen molar-refractivity contribution in [3.63, 3.8) is 0 Å². The topological polar surface area (TPSA) is 105 Å². The van der Waals surface area contributed by atoms with Crippen LogP contribution in [0.1, 0.15) is 64.2 Å². The summed E-state index contributed by atoms with van der Waals surface area (Å²) < 4.78 is 4.63. The van der Waals surface area contributed by atoms with E-state index in [0.29, 0.717) is 31.1 Å². The van der Waals surface area contributed by atoms with E-state index in [1.165, 1.54) is 64.2 Å². The molecule has 0 spiro atoms. The summed E-state index contributed by atoms with van der Waals surface area (Å²) in [6.45, 7) is 0.696. The number of aliphatic hydroxyl groups excluding tert-OH is 2. The highest BCUT2D eigenvalue weighted by Crippen LogP contribution is 2.35. The van der Waals surface area contributed by atoms with Gasteiger partial charge in [0.1, 0.15) is 0 Å². The summed E-state index contributed by atoms with van der Waals surface area (Å²) in [5, 5.41) is 19.2. The number of rotatable bonds is 7. The third-order valence-corrected chi connectivity index (χ3v) is 5.10. The van der Waals surface area contributed by atoms with E-state index in [9.17, 15) is 4.79 Å². The van der Waals surface area contributed by atoms with Gasteiger partial charge in [-0.25, -0.2) is 4.79 Å². The van der Waals surface area contributed by atoms with Crippen LogP contribution in [0.3, 0.4) is 0 Å². The number of aliphatic hydroxyl groups is 2. The van der Waals surface area contributed by atoms with Gasteiger partial charge in [0.05, 0.1) is 26.4 Å². The zero-order valence-electron chi connectivity index (χ0n) is 14.9. The molecule has 6 nitrogen and oxygen atoms in total. The largest absolute Gasteiger partial charge is 0.394 e. The molecule has 5 N–H and O–H groups in total. The molecule has 24 heavy (non-hydrogen) atoms. The van der Waals surface area contributed by atoms with Gasteiger partial charge in [0.15, 0.2) is 0 Å². The maximum Gasteiger partial charge on any atom is 0.312 e. The SMILES string of the molecule is NC(=O)NC(C1CCCCC1)C1CCCCC1.OCCOCCO. The van der Waals surface area contributed by atoms with Crippen molar-refractivity contribution in [2.45, 2.75) is 70.3 Å². The number of nitrogens with one attached hydrogen (secondary N) is 1. The van der Waals surface area contributed by atoms with Gasteiger partial charge in [0.25, 0.3) is 0 Å². The van der Waals surface area contributed by atoms with Crippen molar-refractivity contribution in [2.24, 2.45) is 17.6 Å². The third kappa shape index (κ3) is 8.85. The summed E-state index contributed by atoms with van der Waals surface area (Å²) in [7, 11) is 0. The van der Waals surface area contributed by atoms with E-state index in [0.717, 1.165) is 0 Å². The first-order valence-corrected chi connectivity index (χ1v) is 9.54. The molecule has 0 radical (unpaired) electrons. The van der Waals surface area contributed by atoms with Crippen molar-refractivity contribution in [3.05, 3.63) is 0 Å². The number of amides is 2. The van der Waals surface area contributed by atoms with E-state index in [-0.39, 0.29) is 19.2 Å². The Kier molecular flexibility index (Phi) is 11.9. The number of ether oxygens (including phenoxy) is 1. The fourth-order valence-electron chi connectivity index (χ4n) is 4.00. The van der Waals surface area contributed by atoms with Crippen LogP contribution in [0.5, 0.6) is 0 Å². The van der Waals surface area contributed by atoms with E-state index >= 15 is 0 Å². The zero-order valence-corrected chi connectivity index (χ0v) is 14.9. The van der Waals surface area contributed by atoms with E-state index in [4.69, 9.17) is 15.9 Å². The number of carbonyl (C=O) groups is 1. The Morgan fingerprint density at radius 2 is 1.33 bits per heavy atom. The van der Waals surface area contributed by atoms with Gasteiger partial charge in [-0.2, -0.15) is 0 Å². The molecule has 142 valence electrons.